The van der Waals surface area contributed by atoms with E-state index in [0.29, 0.717) is 11.1 Å². The molecule has 0 aliphatic heterocycles. The molecule has 210 valence electrons. The molecule has 0 aromatic heterocycles. The summed E-state index contributed by atoms with van der Waals surface area (Å²) >= 11 is 0. The fraction of sp³-hybridized carbons (Fsp3) is 0.229. The Hall–Kier alpha value is -4.45. The fourth-order valence-electron chi connectivity index (χ4n) is 5.43. The number of carbonyl (C=O) groups is 2. The molecule has 0 saturated heterocycles. The van der Waals surface area contributed by atoms with Gasteiger partial charge in [-0.2, -0.15) is 0 Å². The van der Waals surface area contributed by atoms with Crippen molar-refractivity contribution in [1.82, 2.24) is 0 Å². The Morgan fingerprint density at radius 2 is 1.66 bits per heavy atom. The van der Waals surface area contributed by atoms with E-state index in [1.807, 2.05) is 25.1 Å². The summed E-state index contributed by atoms with van der Waals surface area (Å²) in [5, 5.41) is 9.83. The molecule has 1 aliphatic rings. The summed E-state index contributed by atoms with van der Waals surface area (Å²) < 4.78 is 29.7. The molecule has 1 aliphatic carbocycles. The first-order chi connectivity index (χ1) is 19.6. The van der Waals surface area contributed by atoms with Gasteiger partial charge < -0.3 is 5.11 Å². The van der Waals surface area contributed by atoms with Crippen LogP contribution in [0, 0.1) is 11.6 Å². The van der Waals surface area contributed by atoms with Crippen LogP contribution in [0.25, 0.3) is 0 Å². The number of aliphatic imine (C=N–C) groups is 1. The Labute approximate surface area is 239 Å². The van der Waals surface area contributed by atoms with Crippen molar-refractivity contribution in [2.75, 3.05) is 0 Å². The maximum Gasteiger partial charge on any atom is 0.350 e. The minimum Gasteiger partial charge on any atom is -0.477 e. The Balaban J connectivity index is 2.09. The van der Waals surface area contributed by atoms with Gasteiger partial charge in [-0.1, -0.05) is 92.7 Å². The predicted octanol–water partition coefficient (Wildman–Crippen LogP) is 7.62. The lowest BCUT2D eigenvalue weighted by Crippen LogP contribution is -2.38. The number of benzene rings is 3. The standard InChI is InChI=1S/C35H33F2NO3/c1-5-11-31(33(40)41)38-34(4)18-19-35(28-17-16-27(36)21-30(28)37,26-15-14-23(6-2)24(7-3)20-26)22-29(34)32(39)25-12-9-8-10-13-25/h5,8-10,12-22H,1,6-7,11H2,2-4H3,(H,40,41). The largest absolute Gasteiger partial charge is 0.477 e. The van der Waals surface area contributed by atoms with Gasteiger partial charge in [0.15, 0.2) is 5.78 Å². The highest BCUT2D eigenvalue weighted by molar-refractivity contribution is 6.36. The van der Waals surface area contributed by atoms with Gasteiger partial charge in [-0.15, -0.1) is 6.58 Å². The van der Waals surface area contributed by atoms with Crippen molar-refractivity contribution in [2.24, 2.45) is 4.99 Å². The molecule has 0 radical (unpaired) electrons. The highest BCUT2D eigenvalue weighted by Crippen LogP contribution is 2.45. The summed E-state index contributed by atoms with van der Waals surface area (Å²) in [6.07, 6.45) is 8.04. The number of aliphatic carboxylic acids is 1. The maximum absolute atomic E-state index is 15.6. The van der Waals surface area contributed by atoms with Crippen molar-refractivity contribution in [1.29, 1.82) is 0 Å². The smallest absolute Gasteiger partial charge is 0.350 e. The van der Waals surface area contributed by atoms with Crippen molar-refractivity contribution in [3.05, 3.63) is 143 Å². The first kappa shape index (κ1) is 29.5. The van der Waals surface area contributed by atoms with Crippen LogP contribution in [0.5, 0.6) is 0 Å². The first-order valence-corrected chi connectivity index (χ1v) is 13.6. The summed E-state index contributed by atoms with van der Waals surface area (Å²) in [6.45, 7) is 9.40. The minimum absolute atomic E-state index is 0.0123. The molecule has 2 unspecified atom stereocenters. The van der Waals surface area contributed by atoms with Gasteiger partial charge in [0.05, 0.1) is 5.41 Å². The number of hydrogen-bond donors (Lipinski definition) is 1. The number of hydrogen-bond acceptors (Lipinski definition) is 3. The second kappa shape index (κ2) is 12.0. The van der Waals surface area contributed by atoms with E-state index in [2.05, 4.69) is 18.5 Å². The zero-order chi connectivity index (χ0) is 29.8. The molecule has 0 heterocycles. The lowest BCUT2D eigenvalue weighted by atomic mass is 9.66. The number of carboxylic acids is 1. The summed E-state index contributed by atoms with van der Waals surface area (Å²) in [4.78, 5) is 30.7. The topological polar surface area (TPSA) is 66.7 Å². The third-order valence-corrected chi connectivity index (χ3v) is 7.64. The van der Waals surface area contributed by atoms with Crippen LogP contribution >= 0.6 is 0 Å². The predicted molar refractivity (Wildman–Crippen MR) is 159 cm³/mol. The molecular formula is C35H33F2NO3. The van der Waals surface area contributed by atoms with Crippen LogP contribution in [0.4, 0.5) is 8.78 Å². The molecule has 0 fully saturated rings. The van der Waals surface area contributed by atoms with E-state index in [0.717, 1.165) is 30.0 Å². The number of rotatable bonds is 10. The normalized spacial score (nSPS) is 20.4. The van der Waals surface area contributed by atoms with Gasteiger partial charge in [0.25, 0.3) is 0 Å². The van der Waals surface area contributed by atoms with E-state index in [9.17, 15) is 19.1 Å². The first-order valence-electron chi connectivity index (χ1n) is 13.6. The average molecular weight is 554 g/mol. The zero-order valence-electron chi connectivity index (χ0n) is 23.5. The number of allylic oxidation sites excluding steroid dienone is 3. The van der Waals surface area contributed by atoms with Gasteiger partial charge in [-0.3, -0.25) is 9.79 Å². The third-order valence-electron chi connectivity index (χ3n) is 7.64. The SMILES string of the molecule is C=CCC(=NC1(C)C=CC(c2ccc(CC)c(CC)c2)(c2ccc(F)cc2F)C=C1C(=O)c1ccccc1)C(=O)O. The second-order valence-corrected chi connectivity index (χ2v) is 10.3. The van der Waals surface area contributed by atoms with Crippen molar-refractivity contribution in [3.8, 4) is 0 Å². The van der Waals surface area contributed by atoms with E-state index in [1.165, 1.54) is 18.2 Å². The Morgan fingerprint density at radius 1 is 0.951 bits per heavy atom. The summed E-state index contributed by atoms with van der Waals surface area (Å²) in [7, 11) is 0. The molecular weight excluding hydrogens is 520 g/mol. The highest BCUT2D eigenvalue weighted by Gasteiger charge is 2.43. The summed E-state index contributed by atoms with van der Waals surface area (Å²) in [6, 6.07) is 17.9. The Bertz CT molecular complexity index is 1590. The van der Waals surface area contributed by atoms with Gasteiger partial charge >= 0.3 is 5.97 Å². The van der Waals surface area contributed by atoms with Crippen LogP contribution in [0.1, 0.15) is 59.8 Å². The molecule has 1 N–H and O–H groups in total. The molecule has 6 heteroatoms. The van der Waals surface area contributed by atoms with Crippen molar-refractivity contribution in [3.63, 3.8) is 0 Å². The van der Waals surface area contributed by atoms with E-state index >= 15 is 4.39 Å². The van der Waals surface area contributed by atoms with Gasteiger partial charge in [0.1, 0.15) is 22.9 Å². The molecule has 3 aromatic carbocycles. The number of nitrogens with zero attached hydrogens (tertiary/aromatic N) is 1. The molecule has 41 heavy (non-hydrogen) atoms. The number of carboxylic acid groups (broad SMARTS) is 1. The number of ketones is 1. The molecule has 0 spiro atoms. The molecule has 4 rings (SSSR count). The lowest BCUT2D eigenvalue weighted by molar-refractivity contribution is -0.129. The van der Waals surface area contributed by atoms with Gasteiger partial charge in [0.2, 0.25) is 0 Å². The molecule has 0 bridgehead atoms. The van der Waals surface area contributed by atoms with E-state index < -0.39 is 28.6 Å². The summed E-state index contributed by atoms with van der Waals surface area (Å²) in [5.74, 6) is -3.08. The van der Waals surface area contributed by atoms with Crippen LogP contribution in [0.3, 0.4) is 0 Å². The van der Waals surface area contributed by atoms with E-state index in [-0.39, 0.29) is 29.1 Å². The van der Waals surface area contributed by atoms with Crippen LogP contribution in [0.2, 0.25) is 0 Å². The molecule has 2 atom stereocenters. The average Bonchev–Trinajstić information content (AvgIpc) is 2.97. The number of aryl methyl sites for hydroxylation is 2. The van der Waals surface area contributed by atoms with Crippen molar-refractivity contribution in [2.45, 2.75) is 51.0 Å². The monoisotopic (exact) mass is 553 g/mol. The third kappa shape index (κ3) is 5.73. The lowest BCUT2D eigenvalue weighted by Gasteiger charge is -2.38. The Kier molecular flexibility index (Phi) is 8.62. The van der Waals surface area contributed by atoms with Crippen LogP contribution in [0.15, 0.2) is 108 Å². The van der Waals surface area contributed by atoms with Crippen molar-refractivity contribution >= 4 is 17.5 Å². The van der Waals surface area contributed by atoms with Gasteiger partial charge in [0, 0.05) is 29.2 Å². The Morgan fingerprint density at radius 3 is 2.27 bits per heavy atom. The van der Waals surface area contributed by atoms with Crippen molar-refractivity contribution < 1.29 is 23.5 Å². The highest BCUT2D eigenvalue weighted by atomic mass is 19.1. The molecule has 3 aromatic rings. The quantitative estimate of drug-likeness (QED) is 0.160. The number of Topliss-reactive ketones (excluding diaryl/α,β-unsaturated/α-hetero) is 1. The molecule has 0 amide bonds. The maximum atomic E-state index is 15.6. The van der Waals surface area contributed by atoms with E-state index in [1.54, 1.807) is 55.5 Å². The van der Waals surface area contributed by atoms with Crippen LogP contribution in [-0.2, 0) is 23.1 Å². The van der Waals surface area contributed by atoms with Crippen LogP contribution < -0.4 is 0 Å². The minimum atomic E-state index is -1.39. The number of halogens is 2. The second-order valence-electron chi connectivity index (χ2n) is 10.3. The summed E-state index contributed by atoms with van der Waals surface area (Å²) in [5.41, 5.74) is 0.786. The number of carbonyl (C=O) groups excluding carboxylic acids is 1. The van der Waals surface area contributed by atoms with Gasteiger partial charge in [-0.05, 0) is 42.5 Å². The fourth-order valence-corrected chi connectivity index (χ4v) is 5.43. The van der Waals surface area contributed by atoms with Crippen LogP contribution in [-0.4, -0.2) is 28.1 Å². The molecule has 4 nitrogen and oxygen atoms in total. The molecule has 0 saturated carbocycles. The zero-order valence-corrected chi connectivity index (χ0v) is 23.5. The van der Waals surface area contributed by atoms with Gasteiger partial charge in [-0.25, -0.2) is 13.6 Å². The van der Waals surface area contributed by atoms with E-state index in [4.69, 9.17) is 0 Å².